The molecule has 0 N–H and O–H groups in total. The molecule has 2 nitrogen and oxygen atoms in total. The first kappa shape index (κ1) is 34.1. The zero-order valence-electron chi connectivity index (χ0n) is 30.8. The van der Waals surface area contributed by atoms with E-state index in [2.05, 4.69) is 208 Å². The van der Waals surface area contributed by atoms with Gasteiger partial charge < -0.3 is 9.80 Å². The third kappa shape index (κ3) is 6.29. The highest BCUT2D eigenvalue weighted by Crippen LogP contribution is 2.48. The molecule has 7 rings (SSSR count). The van der Waals surface area contributed by atoms with Crippen molar-refractivity contribution in [3.05, 3.63) is 175 Å². The van der Waals surface area contributed by atoms with E-state index in [0.717, 1.165) is 42.7 Å². The number of hydrogen-bond donors (Lipinski definition) is 0. The summed E-state index contributed by atoms with van der Waals surface area (Å²) in [6.07, 6.45) is 4.17. The van der Waals surface area contributed by atoms with Crippen molar-refractivity contribution in [1.29, 1.82) is 0 Å². The predicted octanol–water partition coefficient (Wildman–Crippen LogP) is 14.4. The summed E-state index contributed by atoms with van der Waals surface area (Å²) in [5, 5.41) is 4.99. The van der Waals surface area contributed by atoms with Crippen LogP contribution in [0.5, 0.6) is 0 Å². The van der Waals surface area contributed by atoms with Gasteiger partial charge in [-0.2, -0.15) is 0 Å². The van der Waals surface area contributed by atoms with E-state index in [1.807, 2.05) is 0 Å². The lowest BCUT2D eigenvalue weighted by Gasteiger charge is -2.46. The Morgan fingerprint density at radius 1 is 0.412 bits per heavy atom. The molecule has 0 heterocycles. The van der Waals surface area contributed by atoms with Gasteiger partial charge in [-0.25, -0.2) is 0 Å². The lowest BCUT2D eigenvalue weighted by Crippen LogP contribution is -2.43. The molecule has 0 bridgehead atoms. The first-order valence-corrected chi connectivity index (χ1v) is 18.8. The summed E-state index contributed by atoms with van der Waals surface area (Å²) >= 11 is 0. The van der Waals surface area contributed by atoms with Gasteiger partial charge in [-0.1, -0.05) is 144 Å². The van der Waals surface area contributed by atoms with Crippen LogP contribution in [0.25, 0.3) is 21.5 Å². The van der Waals surface area contributed by atoms with Gasteiger partial charge in [0, 0.05) is 33.8 Å². The molecule has 2 heteroatoms. The highest BCUT2D eigenvalue weighted by Gasteiger charge is 2.38. The van der Waals surface area contributed by atoms with Crippen LogP contribution in [0.15, 0.2) is 164 Å². The maximum absolute atomic E-state index is 2.63. The Bertz CT molecular complexity index is 2200. The fraction of sp³-hybridized carbons (Fsp3) is 0.224. The maximum atomic E-state index is 2.63. The van der Waals surface area contributed by atoms with Gasteiger partial charge in [0.1, 0.15) is 0 Å². The second kappa shape index (κ2) is 14.5. The SMILES string of the molecule is CCC(C)(CC)c1ccc(C(CC)(CC)N(c2ccc(N(c3ccccc3)c3ccc4ccccc4c3)cc2)c2cccc3ccccc23)cc1. The molecule has 0 aliphatic heterocycles. The molecule has 51 heavy (non-hydrogen) atoms. The average molecular weight is 667 g/mol. The smallest absolute Gasteiger partial charge is 0.0697 e. The Labute approximate surface area is 305 Å². The molecule has 0 atom stereocenters. The minimum absolute atomic E-state index is 0.181. The Hall–Kier alpha value is -5.34. The van der Waals surface area contributed by atoms with Crippen molar-refractivity contribution in [1.82, 2.24) is 0 Å². The molecule has 256 valence electrons. The molecule has 0 fully saturated rings. The molecule has 0 aliphatic carbocycles. The van der Waals surface area contributed by atoms with Gasteiger partial charge in [0.15, 0.2) is 0 Å². The van der Waals surface area contributed by atoms with Crippen LogP contribution in [-0.4, -0.2) is 0 Å². The zero-order valence-corrected chi connectivity index (χ0v) is 30.8. The van der Waals surface area contributed by atoms with Crippen LogP contribution in [0.1, 0.15) is 71.4 Å². The number of fused-ring (bicyclic) bond motifs is 2. The number of hydrogen-bond acceptors (Lipinski definition) is 2. The standard InChI is InChI=1S/C49H50N2/c1-6-48(5,7-2)40-27-29-41(30-28-40)49(8-3,9-4)51(47-25-17-21-38-19-15-16-24-46(38)47)44-34-32-43(33-35-44)50(42-22-11-10-12-23-42)45-31-26-37-18-13-14-20-39(37)36-45/h10-36H,6-9H2,1-5H3. The monoisotopic (exact) mass is 666 g/mol. The first-order chi connectivity index (χ1) is 24.9. The molecular formula is C49H50N2. The largest absolute Gasteiger partial charge is 0.331 e. The van der Waals surface area contributed by atoms with Crippen molar-refractivity contribution in [3.63, 3.8) is 0 Å². The normalized spacial score (nSPS) is 11.9. The van der Waals surface area contributed by atoms with Crippen LogP contribution < -0.4 is 9.80 Å². The van der Waals surface area contributed by atoms with Crippen molar-refractivity contribution < 1.29 is 0 Å². The van der Waals surface area contributed by atoms with Crippen molar-refractivity contribution >= 4 is 50.0 Å². The fourth-order valence-electron chi connectivity index (χ4n) is 8.06. The van der Waals surface area contributed by atoms with Gasteiger partial charge in [0.05, 0.1) is 5.54 Å². The summed E-state index contributed by atoms with van der Waals surface area (Å²) in [6, 6.07) is 60.5. The highest BCUT2D eigenvalue weighted by molar-refractivity contribution is 5.97. The quantitative estimate of drug-likeness (QED) is 0.128. The van der Waals surface area contributed by atoms with E-state index < -0.39 is 0 Å². The van der Waals surface area contributed by atoms with Crippen LogP contribution in [0, 0.1) is 0 Å². The van der Waals surface area contributed by atoms with Gasteiger partial charge in [0.2, 0.25) is 0 Å². The molecule has 7 aromatic rings. The Morgan fingerprint density at radius 2 is 0.941 bits per heavy atom. The molecule has 0 saturated carbocycles. The summed E-state index contributed by atoms with van der Waals surface area (Å²) in [7, 11) is 0. The van der Waals surface area contributed by atoms with Gasteiger partial charge in [-0.05, 0) is 113 Å². The number of nitrogens with zero attached hydrogens (tertiary/aromatic N) is 2. The molecule has 0 radical (unpaired) electrons. The summed E-state index contributed by atoms with van der Waals surface area (Å²) < 4.78 is 0. The number of para-hydroxylation sites is 1. The Kier molecular flexibility index (Phi) is 9.69. The van der Waals surface area contributed by atoms with E-state index in [4.69, 9.17) is 0 Å². The molecule has 0 aliphatic rings. The molecular weight excluding hydrogens is 617 g/mol. The van der Waals surface area contributed by atoms with Crippen LogP contribution in [0.3, 0.4) is 0 Å². The van der Waals surface area contributed by atoms with E-state index in [1.165, 1.54) is 44.0 Å². The molecule has 0 saturated heterocycles. The zero-order chi connectivity index (χ0) is 35.4. The number of benzene rings is 7. The molecule has 7 aromatic carbocycles. The lowest BCUT2D eigenvalue weighted by molar-refractivity contribution is 0.402. The van der Waals surface area contributed by atoms with Crippen molar-refractivity contribution in [3.8, 4) is 0 Å². The first-order valence-electron chi connectivity index (χ1n) is 18.8. The Morgan fingerprint density at radius 3 is 1.61 bits per heavy atom. The topological polar surface area (TPSA) is 6.48 Å². The van der Waals surface area contributed by atoms with Gasteiger partial charge in [0.25, 0.3) is 0 Å². The van der Waals surface area contributed by atoms with Gasteiger partial charge in [-0.3, -0.25) is 0 Å². The summed E-state index contributed by atoms with van der Waals surface area (Å²) in [5.74, 6) is 0. The van der Waals surface area contributed by atoms with E-state index >= 15 is 0 Å². The van der Waals surface area contributed by atoms with Crippen LogP contribution in [-0.2, 0) is 11.0 Å². The third-order valence-electron chi connectivity index (χ3n) is 11.7. The summed E-state index contributed by atoms with van der Waals surface area (Å²) in [4.78, 5) is 5.00. The van der Waals surface area contributed by atoms with Gasteiger partial charge in [-0.15, -0.1) is 0 Å². The average Bonchev–Trinajstić information content (AvgIpc) is 3.20. The minimum atomic E-state index is -0.267. The fourth-order valence-corrected chi connectivity index (χ4v) is 8.06. The molecule has 0 spiro atoms. The third-order valence-corrected chi connectivity index (χ3v) is 11.7. The van der Waals surface area contributed by atoms with E-state index in [0.29, 0.717) is 0 Å². The van der Waals surface area contributed by atoms with Gasteiger partial charge >= 0.3 is 0 Å². The van der Waals surface area contributed by atoms with E-state index in [9.17, 15) is 0 Å². The minimum Gasteiger partial charge on any atom is -0.331 e. The van der Waals surface area contributed by atoms with Crippen molar-refractivity contribution in [2.24, 2.45) is 0 Å². The number of rotatable bonds is 12. The van der Waals surface area contributed by atoms with Crippen LogP contribution in [0.2, 0.25) is 0 Å². The molecule has 0 amide bonds. The summed E-state index contributed by atoms with van der Waals surface area (Å²) in [6.45, 7) is 11.7. The van der Waals surface area contributed by atoms with Crippen LogP contribution >= 0.6 is 0 Å². The van der Waals surface area contributed by atoms with E-state index in [1.54, 1.807) is 0 Å². The van der Waals surface area contributed by atoms with Crippen molar-refractivity contribution in [2.45, 2.75) is 71.3 Å². The van der Waals surface area contributed by atoms with Crippen molar-refractivity contribution in [2.75, 3.05) is 9.80 Å². The second-order valence-electron chi connectivity index (χ2n) is 14.1. The second-order valence-corrected chi connectivity index (χ2v) is 14.1. The van der Waals surface area contributed by atoms with Crippen LogP contribution in [0.4, 0.5) is 28.4 Å². The number of anilines is 5. The van der Waals surface area contributed by atoms with E-state index in [-0.39, 0.29) is 11.0 Å². The molecule has 0 unspecified atom stereocenters. The highest BCUT2D eigenvalue weighted by atomic mass is 15.2. The summed E-state index contributed by atoms with van der Waals surface area (Å²) in [5.41, 5.74) is 8.50. The molecule has 0 aromatic heterocycles. The maximum Gasteiger partial charge on any atom is 0.0697 e. The Balaban J connectivity index is 1.39. The predicted molar refractivity (Wildman–Crippen MR) is 221 cm³/mol. The lowest BCUT2D eigenvalue weighted by atomic mass is 9.75.